The van der Waals surface area contributed by atoms with Crippen molar-refractivity contribution in [2.24, 2.45) is 0 Å². The molecule has 4 rings (SSSR count). The van der Waals surface area contributed by atoms with Crippen LogP contribution in [0.3, 0.4) is 0 Å². The Morgan fingerprint density at radius 2 is 2.04 bits per heavy atom. The van der Waals surface area contributed by atoms with Crippen LogP contribution in [0.5, 0.6) is 5.75 Å². The number of carbonyl (C=O) groups excluding carboxylic acids is 1. The van der Waals surface area contributed by atoms with E-state index in [0.29, 0.717) is 23.2 Å². The lowest BCUT2D eigenvalue weighted by Gasteiger charge is -2.24. The number of para-hydroxylation sites is 1. The van der Waals surface area contributed by atoms with E-state index in [1.54, 1.807) is 27.9 Å². The molecular weight excluding hydrogens is 397 g/mol. The van der Waals surface area contributed by atoms with Crippen LogP contribution in [0.25, 0.3) is 11.3 Å². The van der Waals surface area contributed by atoms with Gasteiger partial charge in [-0.25, -0.2) is 0 Å². The van der Waals surface area contributed by atoms with E-state index in [2.05, 4.69) is 5.10 Å². The van der Waals surface area contributed by atoms with E-state index in [9.17, 15) is 4.79 Å². The van der Waals surface area contributed by atoms with Crippen molar-refractivity contribution < 1.29 is 9.53 Å². The van der Waals surface area contributed by atoms with Gasteiger partial charge in [-0.05, 0) is 36.8 Å². The number of carbonyl (C=O) groups is 1. The average Bonchev–Trinajstić information content (AvgIpc) is 3.11. The second-order valence-corrected chi connectivity index (χ2v) is 7.42. The largest absolute Gasteiger partial charge is 0.488 e. The van der Waals surface area contributed by atoms with E-state index in [1.165, 1.54) is 0 Å². The molecule has 144 valence electrons. The van der Waals surface area contributed by atoms with Gasteiger partial charge in [0.15, 0.2) is 0 Å². The van der Waals surface area contributed by atoms with Crippen LogP contribution in [0, 0.1) is 0 Å². The molecule has 0 radical (unpaired) electrons. The zero-order valence-corrected chi connectivity index (χ0v) is 16.9. The Balaban J connectivity index is 1.65. The summed E-state index contributed by atoms with van der Waals surface area (Å²) in [5.41, 5.74) is 3.58. The van der Waals surface area contributed by atoms with Crippen molar-refractivity contribution >= 4 is 34.8 Å². The first-order valence-corrected chi connectivity index (χ1v) is 9.86. The van der Waals surface area contributed by atoms with Gasteiger partial charge in [-0.1, -0.05) is 42.3 Å². The average molecular weight is 416 g/mol. The number of ether oxygens (including phenoxy) is 1. The maximum absolute atomic E-state index is 13.2. The molecule has 0 saturated heterocycles. The Labute approximate surface area is 173 Å². The van der Waals surface area contributed by atoms with Crippen LogP contribution in [0.2, 0.25) is 10.0 Å². The van der Waals surface area contributed by atoms with Gasteiger partial charge in [-0.2, -0.15) is 5.10 Å². The summed E-state index contributed by atoms with van der Waals surface area (Å²) in [4.78, 5) is 14.9. The predicted octanol–water partition coefficient (Wildman–Crippen LogP) is 5.19. The molecular formula is C21H19Cl2N3O2. The summed E-state index contributed by atoms with van der Waals surface area (Å²) in [5.74, 6) is 0.745. The predicted molar refractivity (Wildman–Crippen MR) is 111 cm³/mol. The third-order valence-electron chi connectivity index (χ3n) is 4.69. The van der Waals surface area contributed by atoms with Crippen LogP contribution in [0.15, 0.2) is 48.7 Å². The molecule has 0 spiro atoms. The molecule has 5 nitrogen and oxygen atoms in total. The van der Waals surface area contributed by atoms with Crippen LogP contribution in [-0.2, 0) is 17.9 Å². The number of hydrogen-bond acceptors (Lipinski definition) is 3. The van der Waals surface area contributed by atoms with Crippen molar-refractivity contribution in [3.63, 3.8) is 0 Å². The van der Waals surface area contributed by atoms with E-state index in [4.69, 9.17) is 27.9 Å². The highest BCUT2D eigenvalue weighted by Gasteiger charge is 2.24. The number of fused-ring (bicyclic) bond motifs is 3. The molecule has 1 amide bonds. The van der Waals surface area contributed by atoms with Crippen LogP contribution < -0.4 is 9.64 Å². The Hall–Kier alpha value is -2.50. The van der Waals surface area contributed by atoms with Crippen molar-refractivity contribution in [3.05, 3.63) is 64.3 Å². The SMILES string of the molecule is CCCN(C(=O)Cn1ncc2c1-c1ccccc1OC2)c1ccc(Cl)c(Cl)c1. The monoisotopic (exact) mass is 415 g/mol. The lowest BCUT2D eigenvalue weighted by atomic mass is 10.0. The number of aromatic nitrogens is 2. The summed E-state index contributed by atoms with van der Waals surface area (Å²) in [6.45, 7) is 3.19. The summed E-state index contributed by atoms with van der Waals surface area (Å²) >= 11 is 12.2. The molecule has 2 aromatic carbocycles. The first-order valence-electron chi connectivity index (χ1n) is 9.10. The summed E-state index contributed by atoms with van der Waals surface area (Å²) in [6.07, 6.45) is 2.59. The number of benzene rings is 2. The van der Waals surface area contributed by atoms with Gasteiger partial charge in [0.1, 0.15) is 18.9 Å². The molecule has 0 unspecified atom stereocenters. The first-order chi connectivity index (χ1) is 13.6. The van der Waals surface area contributed by atoms with Crippen LogP contribution in [-0.4, -0.2) is 22.2 Å². The molecule has 1 aliphatic heterocycles. The first kappa shape index (κ1) is 18.8. The molecule has 28 heavy (non-hydrogen) atoms. The van der Waals surface area contributed by atoms with Crippen molar-refractivity contribution in [1.29, 1.82) is 0 Å². The second-order valence-electron chi connectivity index (χ2n) is 6.60. The van der Waals surface area contributed by atoms with Crippen LogP contribution in [0.1, 0.15) is 18.9 Å². The number of nitrogens with zero attached hydrogens (tertiary/aromatic N) is 3. The minimum absolute atomic E-state index is 0.0601. The quantitative estimate of drug-likeness (QED) is 0.575. The molecule has 0 saturated carbocycles. The summed E-state index contributed by atoms with van der Waals surface area (Å²) in [5, 5.41) is 5.34. The van der Waals surface area contributed by atoms with Gasteiger partial charge in [0.2, 0.25) is 5.91 Å². The smallest absolute Gasteiger partial charge is 0.248 e. The van der Waals surface area contributed by atoms with Gasteiger partial charge < -0.3 is 9.64 Å². The Kier molecular flexibility index (Phi) is 5.29. The van der Waals surface area contributed by atoms with Gasteiger partial charge >= 0.3 is 0 Å². The van der Waals surface area contributed by atoms with Gasteiger partial charge in [-0.3, -0.25) is 9.48 Å². The van der Waals surface area contributed by atoms with Crippen molar-refractivity contribution in [1.82, 2.24) is 9.78 Å². The van der Waals surface area contributed by atoms with Crippen molar-refractivity contribution in [2.45, 2.75) is 26.5 Å². The Morgan fingerprint density at radius 1 is 1.21 bits per heavy atom. The third-order valence-corrected chi connectivity index (χ3v) is 5.43. The normalized spacial score (nSPS) is 12.1. The molecule has 1 aromatic heterocycles. The van der Waals surface area contributed by atoms with Crippen molar-refractivity contribution in [2.75, 3.05) is 11.4 Å². The molecule has 0 aliphatic carbocycles. The van der Waals surface area contributed by atoms with Gasteiger partial charge in [0, 0.05) is 23.4 Å². The fourth-order valence-electron chi connectivity index (χ4n) is 3.39. The molecule has 0 bridgehead atoms. The zero-order valence-electron chi connectivity index (χ0n) is 15.4. The second kappa shape index (κ2) is 7.86. The summed E-state index contributed by atoms with van der Waals surface area (Å²) < 4.78 is 7.52. The van der Waals surface area contributed by atoms with Crippen LogP contribution >= 0.6 is 23.2 Å². The minimum Gasteiger partial charge on any atom is -0.488 e. The molecule has 7 heteroatoms. The Bertz CT molecular complexity index is 1030. The third kappa shape index (κ3) is 3.48. The van der Waals surface area contributed by atoms with E-state index in [-0.39, 0.29) is 12.5 Å². The van der Waals surface area contributed by atoms with E-state index >= 15 is 0 Å². The number of rotatable bonds is 5. The topological polar surface area (TPSA) is 47.4 Å². The number of anilines is 1. The summed E-state index contributed by atoms with van der Waals surface area (Å²) in [6, 6.07) is 13.0. The fourth-order valence-corrected chi connectivity index (χ4v) is 3.69. The van der Waals surface area contributed by atoms with Crippen molar-refractivity contribution in [3.8, 4) is 17.0 Å². The standard InChI is InChI=1S/C21H19Cl2N3O2/c1-2-9-25(15-7-8-17(22)18(23)10-15)20(27)12-26-21-14(11-24-26)13-28-19-6-4-3-5-16(19)21/h3-8,10-11H,2,9,12-13H2,1H3. The molecule has 0 fully saturated rings. The lowest BCUT2D eigenvalue weighted by molar-refractivity contribution is -0.119. The molecule has 2 heterocycles. The van der Waals surface area contributed by atoms with E-state index < -0.39 is 0 Å². The zero-order chi connectivity index (χ0) is 19.7. The van der Waals surface area contributed by atoms with Gasteiger partial charge in [0.05, 0.1) is 21.9 Å². The fraction of sp³-hybridized carbons (Fsp3) is 0.238. The van der Waals surface area contributed by atoms with E-state index in [0.717, 1.165) is 34.7 Å². The lowest BCUT2D eigenvalue weighted by Crippen LogP contribution is -2.35. The molecule has 0 N–H and O–H groups in total. The van der Waals surface area contributed by atoms with Gasteiger partial charge in [0.25, 0.3) is 0 Å². The number of hydrogen-bond donors (Lipinski definition) is 0. The summed E-state index contributed by atoms with van der Waals surface area (Å²) in [7, 11) is 0. The Morgan fingerprint density at radius 3 is 2.82 bits per heavy atom. The number of halogens is 2. The maximum Gasteiger partial charge on any atom is 0.248 e. The molecule has 3 aromatic rings. The number of amides is 1. The van der Waals surface area contributed by atoms with E-state index in [1.807, 2.05) is 37.3 Å². The molecule has 1 aliphatic rings. The highest BCUT2D eigenvalue weighted by Crippen LogP contribution is 2.37. The highest BCUT2D eigenvalue weighted by molar-refractivity contribution is 6.42. The highest BCUT2D eigenvalue weighted by atomic mass is 35.5. The van der Waals surface area contributed by atoms with Crippen LogP contribution in [0.4, 0.5) is 5.69 Å². The molecule has 0 atom stereocenters. The minimum atomic E-state index is -0.0601. The van der Waals surface area contributed by atoms with Gasteiger partial charge in [-0.15, -0.1) is 0 Å². The maximum atomic E-state index is 13.2.